The van der Waals surface area contributed by atoms with Gasteiger partial charge in [0.1, 0.15) is 5.75 Å². The van der Waals surface area contributed by atoms with E-state index in [1.165, 1.54) is 0 Å². The molecule has 0 saturated carbocycles. The first kappa shape index (κ1) is 12.6. The fourth-order valence-corrected chi connectivity index (χ4v) is 1.25. The van der Waals surface area contributed by atoms with Gasteiger partial charge < -0.3 is 10.1 Å². The number of ether oxygens (including phenoxy) is 1. The minimum Gasteiger partial charge on any atom is -0.489 e. The summed E-state index contributed by atoms with van der Waals surface area (Å²) in [5.41, 5.74) is 0.583. The quantitative estimate of drug-likeness (QED) is 0.744. The number of hydrogen-bond donors (Lipinski definition) is 1. The molecule has 0 bridgehead atoms. The molecule has 0 amide bonds. The predicted molar refractivity (Wildman–Crippen MR) is 62.9 cm³/mol. The van der Waals surface area contributed by atoms with Crippen molar-refractivity contribution in [2.45, 2.75) is 26.9 Å². The third-order valence-corrected chi connectivity index (χ3v) is 1.94. The first-order valence-electron chi connectivity index (χ1n) is 5.49. The molecular formula is C12H18N2O2. The second-order valence-corrected chi connectivity index (χ2v) is 3.78. The van der Waals surface area contributed by atoms with Gasteiger partial charge in [0.2, 0.25) is 0 Å². The Kier molecular flexibility index (Phi) is 4.92. The van der Waals surface area contributed by atoms with Crippen molar-refractivity contribution >= 4 is 5.78 Å². The van der Waals surface area contributed by atoms with Gasteiger partial charge in [0.05, 0.1) is 18.8 Å². The first-order chi connectivity index (χ1) is 7.63. The minimum absolute atomic E-state index is 0.0311. The lowest BCUT2D eigenvalue weighted by atomic mass is 10.2. The van der Waals surface area contributed by atoms with Gasteiger partial charge in [-0.15, -0.1) is 0 Å². The number of rotatable bonds is 6. The van der Waals surface area contributed by atoms with Crippen LogP contribution in [0.25, 0.3) is 0 Å². The van der Waals surface area contributed by atoms with E-state index in [-0.39, 0.29) is 11.9 Å². The number of aromatic nitrogens is 1. The number of likely N-dealkylation sites (N-methyl/N-ethyl adjacent to an activating group) is 1. The number of ketones is 1. The van der Waals surface area contributed by atoms with Crippen LogP contribution >= 0.6 is 0 Å². The standard InChI is InChI=1S/C12H18N2O2/c1-4-13-8-12(15)10-5-11(7-14-6-10)16-9(2)3/h5-7,9,13H,4,8H2,1-3H3. The number of nitrogens with zero attached hydrogens (tertiary/aromatic N) is 1. The molecule has 0 saturated heterocycles. The highest BCUT2D eigenvalue weighted by Gasteiger charge is 2.07. The maximum atomic E-state index is 11.7. The average Bonchev–Trinajstić information content (AvgIpc) is 2.25. The van der Waals surface area contributed by atoms with E-state index in [1.807, 2.05) is 20.8 Å². The Morgan fingerprint density at radius 2 is 2.25 bits per heavy atom. The van der Waals surface area contributed by atoms with E-state index >= 15 is 0 Å². The van der Waals surface area contributed by atoms with Gasteiger partial charge in [-0.2, -0.15) is 0 Å². The molecule has 4 nitrogen and oxygen atoms in total. The summed E-state index contributed by atoms with van der Waals surface area (Å²) in [7, 11) is 0. The van der Waals surface area contributed by atoms with Crippen LogP contribution in [-0.4, -0.2) is 30.0 Å². The van der Waals surface area contributed by atoms with Gasteiger partial charge >= 0.3 is 0 Å². The molecular weight excluding hydrogens is 204 g/mol. The molecule has 0 atom stereocenters. The molecule has 1 rings (SSSR count). The van der Waals surface area contributed by atoms with Gasteiger partial charge in [0.15, 0.2) is 5.78 Å². The lowest BCUT2D eigenvalue weighted by Gasteiger charge is -2.09. The highest BCUT2D eigenvalue weighted by atomic mass is 16.5. The predicted octanol–water partition coefficient (Wildman–Crippen LogP) is 1.66. The van der Waals surface area contributed by atoms with Crippen LogP contribution in [0.15, 0.2) is 18.5 Å². The smallest absolute Gasteiger partial charge is 0.178 e. The molecule has 1 heterocycles. The van der Waals surface area contributed by atoms with Gasteiger partial charge in [0.25, 0.3) is 0 Å². The van der Waals surface area contributed by atoms with E-state index in [1.54, 1.807) is 18.5 Å². The summed E-state index contributed by atoms with van der Waals surface area (Å²) >= 11 is 0. The van der Waals surface area contributed by atoms with Gasteiger partial charge in [-0.25, -0.2) is 0 Å². The third kappa shape index (κ3) is 3.98. The minimum atomic E-state index is 0.0311. The molecule has 0 radical (unpaired) electrons. The molecule has 0 aliphatic rings. The van der Waals surface area contributed by atoms with Crippen LogP contribution in [0.1, 0.15) is 31.1 Å². The Labute approximate surface area is 96.0 Å². The number of nitrogens with one attached hydrogen (secondary N) is 1. The van der Waals surface area contributed by atoms with Gasteiger partial charge in [-0.3, -0.25) is 9.78 Å². The van der Waals surface area contributed by atoms with E-state index < -0.39 is 0 Å². The highest BCUT2D eigenvalue weighted by molar-refractivity contribution is 5.97. The molecule has 0 aliphatic heterocycles. The summed E-state index contributed by atoms with van der Waals surface area (Å²) in [6.07, 6.45) is 3.26. The first-order valence-corrected chi connectivity index (χ1v) is 5.49. The Morgan fingerprint density at radius 1 is 1.50 bits per heavy atom. The summed E-state index contributed by atoms with van der Waals surface area (Å²) < 4.78 is 5.47. The van der Waals surface area contributed by atoms with E-state index in [2.05, 4.69) is 10.3 Å². The SMILES string of the molecule is CCNCC(=O)c1cncc(OC(C)C)c1. The second-order valence-electron chi connectivity index (χ2n) is 3.78. The van der Waals surface area contributed by atoms with Crippen molar-refractivity contribution in [1.29, 1.82) is 0 Å². The van der Waals surface area contributed by atoms with Crippen LogP contribution in [0.4, 0.5) is 0 Å². The number of carbonyl (C=O) groups is 1. The zero-order chi connectivity index (χ0) is 12.0. The number of carbonyl (C=O) groups excluding carboxylic acids is 1. The second kappa shape index (κ2) is 6.23. The van der Waals surface area contributed by atoms with Gasteiger partial charge in [-0.05, 0) is 26.5 Å². The highest BCUT2D eigenvalue weighted by Crippen LogP contribution is 2.13. The van der Waals surface area contributed by atoms with Crippen LogP contribution < -0.4 is 10.1 Å². The van der Waals surface area contributed by atoms with Crippen molar-refractivity contribution in [3.05, 3.63) is 24.0 Å². The molecule has 0 spiro atoms. The van der Waals surface area contributed by atoms with Crippen molar-refractivity contribution in [3.8, 4) is 5.75 Å². The molecule has 1 aromatic rings. The summed E-state index contributed by atoms with van der Waals surface area (Å²) in [6.45, 7) is 6.95. The molecule has 0 fully saturated rings. The summed E-state index contributed by atoms with van der Waals surface area (Å²) in [4.78, 5) is 15.7. The average molecular weight is 222 g/mol. The normalized spacial score (nSPS) is 10.5. The molecule has 1 N–H and O–H groups in total. The number of pyridine rings is 1. The van der Waals surface area contributed by atoms with Gasteiger partial charge in [0, 0.05) is 11.8 Å². The lowest BCUT2D eigenvalue weighted by molar-refractivity contribution is 0.0990. The largest absolute Gasteiger partial charge is 0.489 e. The number of Topliss-reactive ketones (excluding diaryl/α,β-unsaturated/α-hetero) is 1. The van der Waals surface area contributed by atoms with Crippen LogP contribution in [-0.2, 0) is 0 Å². The van der Waals surface area contributed by atoms with Crippen LogP contribution in [0.2, 0.25) is 0 Å². The maximum Gasteiger partial charge on any atom is 0.178 e. The molecule has 0 aromatic carbocycles. The van der Waals surface area contributed by atoms with Crippen LogP contribution in [0.3, 0.4) is 0 Å². The van der Waals surface area contributed by atoms with Crippen LogP contribution in [0, 0.1) is 0 Å². The van der Waals surface area contributed by atoms with Crippen molar-refractivity contribution in [3.63, 3.8) is 0 Å². The Bertz CT molecular complexity index is 351. The Morgan fingerprint density at radius 3 is 2.88 bits per heavy atom. The topological polar surface area (TPSA) is 51.2 Å². The zero-order valence-corrected chi connectivity index (χ0v) is 9.99. The number of hydrogen-bond acceptors (Lipinski definition) is 4. The van der Waals surface area contributed by atoms with E-state index in [4.69, 9.17) is 4.74 Å². The van der Waals surface area contributed by atoms with E-state index in [0.717, 1.165) is 6.54 Å². The molecule has 1 aromatic heterocycles. The zero-order valence-electron chi connectivity index (χ0n) is 9.99. The van der Waals surface area contributed by atoms with Crippen molar-refractivity contribution < 1.29 is 9.53 Å². The molecule has 0 unspecified atom stereocenters. The van der Waals surface area contributed by atoms with Crippen molar-refractivity contribution in [2.75, 3.05) is 13.1 Å². The van der Waals surface area contributed by atoms with Crippen molar-refractivity contribution in [1.82, 2.24) is 10.3 Å². The maximum absolute atomic E-state index is 11.7. The molecule has 16 heavy (non-hydrogen) atoms. The fraction of sp³-hybridized carbons (Fsp3) is 0.500. The Hall–Kier alpha value is -1.42. The monoisotopic (exact) mass is 222 g/mol. The molecule has 0 aliphatic carbocycles. The molecule has 88 valence electrons. The van der Waals surface area contributed by atoms with E-state index in [9.17, 15) is 4.79 Å². The molecule has 4 heteroatoms. The van der Waals surface area contributed by atoms with E-state index in [0.29, 0.717) is 17.9 Å². The third-order valence-electron chi connectivity index (χ3n) is 1.94. The van der Waals surface area contributed by atoms with Gasteiger partial charge in [-0.1, -0.05) is 6.92 Å². The van der Waals surface area contributed by atoms with Crippen LogP contribution in [0.5, 0.6) is 5.75 Å². The fourth-order valence-electron chi connectivity index (χ4n) is 1.25. The summed E-state index contributed by atoms with van der Waals surface area (Å²) in [6, 6.07) is 1.73. The lowest BCUT2D eigenvalue weighted by Crippen LogP contribution is -2.22. The summed E-state index contributed by atoms with van der Waals surface area (Å²) in [5.74, 6) is 0.668. The van der Waals surface area contributed by atoms with Crippen molar-refractivity contribution in [2.24, 2.45) is 0 Å². The summed E-state index contributed by atoms with van der Waals surface area (Å²) in [5, 5.41) is 2.99. The Balaban J connectivity index is 2.69.